The van der Waals surface area contributed by atoms with Gasteiger partial charge in [0.15, 0.2) is 0 Å². The van der Waals surface area contributed by atoms with Crippen molar-refractivity contribution in [1.82, 2.24) is 14.4 Å². The van der Waals surface area contributed by atoms with Crippen LogP contribution in [0.4, 0.5) is 0 Å². The van der Waals surface area contributed by atoms with Crippen LogP contribution in [0.25, 0.3) is 0 Å². The number of amides is 1. The van der Waals surface area contributed by atoms with Crippen LogP contribution in [-0.2, 0) is 13.5 Å². The Labute approximate surface area is 163 Å². The quantitative estimate of drug-likeness (QED) is 0.746. The van der Waals surface area contributed by atoms with E-state index in [-0.39, 0.29) is 5.91 Å². The molecule has 3 rings (SSSR count). The number of benzene rings is 1. The third-order valence-corrected chi connectivity index (χ3v) is 5.98. The van der Waals surface area contributed by atoms with Crippen LogP contribution >= 0.6 is 0 Å². The summed E-state index contributed by atoms with van der Waals surface area (Å²) >= 11 is 0. The number of carbonyl (C=O) groups excluding carboxylic acids is 1. The second-order valence-corrected chi connectivity index (χ2v) is 7.81. The molecule has 1 amide bonds. The molecule has 1 aromatic carbocycles. The molecule has 1 fully saturated rings. The van der Waals surface area contributed by atoms with Gasteiger partial charge in [-0.3, -0.25) is 4.79 Å². The maximum atomic E-state index is 12.8. The van der Waals surface area contributed by atoms with E-state index in [1.165, 1.54) is 24.0 Å². The molecule has 1 aliphatic heterocycles. The highest BCUT2D eigenvalue weighted by atomic mass is 16.2. The summed E-state index contributed by atoms with van der Waals surface area (Å²) in [5.41, 5.74) is 3.64. The third kappa shape index (κ3) is 5.01. The van der Waals surface area contributed by atoms with Gasteiger partial charge in [-0.1, -0.05) is 24.3 Å². The van der Waals surface area contributed by atoms with Gasteiger partial charge in [0, 0.05) is 32.9 Å². The van der Waals surface area contributed by atoms with Gasteiger partial charge in [0.1, 0.15) is 5.69 Å². The summed E-state index contributed by atoms with van der Waals surface area (Å²) in [5.74, 6) is 0.774. The minimum atomic E-state index is 0.159. The molecular formula is C23H33N3O. The fourth-order valence-electron chi connectivity index (χ4n) is 4.07. The molecule has 0 bridgehead atoms. The number of hydrogen-bond donors (Lipinski definition) is 0. The van der Waals surface area contributed by atoms with E-state index >= 15 is 0 Å². The maximum absolute atomic E-state index is 12.8. The Kier molecular flexibility index (Phi) is 6.73. The van der Waals surface area contributed by atoms with Crippen molar-refractivity contribution in [1.29, 1.82) is 0 Å². The number of likely N-dealkylation sites (tertiary alicyclic amines) is 1. The highest BCUT2D eigenvalue weighted by Crippen LogP contribution is 2.20. The number of nitrogens with zero attached hydrogens (tertiary/aromatic N) is 3. The van der Waals surface area contributed by atoms with E-state index in [2.05, 4.69) is 43.0 Å². The normalized spacial score (nSPS) is 15.8. The molecule has 146 valence electrons. The Bertz CT molecular complexity index is 744. The van der Waals surface area contributed by atoms with Crippen molar-refractivity contribution < 1.29 is 4.79 Å². The van der Waals surface area contributed by atoms with Crippen molar-refractivity contribution in [2.45, 2.75) is 33.1 Å². The average molecular weight is 368 g/mol. The summed E-state index contributed by atoms with van der Waals surface area (Å²) in [5, 5.41) is 0. The molecule has 4 heteroatoms. The standard InChI is InChI=1S/C23H33N3O/c1-4-26(23(27)22-10-7-14-24(22)3)18-20-11-15-25(16-12-20)17-13-21-9-6-5-8-19(21)2/h5-10,14,20H,4,11-13,15-18H2,1-3H3. The van der Waals surface area contributed by atoms with Crippen molar-refractivity contribution in [3.63, 3.8) is 0 Å². The molecular weight excluding hydrogens is 334 g/mol. The summed E-state index contributed by atoms with van der Waals surface area (Å²) in [6, 6.07) is 12.5. The van der Waals surface area contributed by atoms with Crippen LogP contribution in [0.1, 0.15) is 41.4 Å². The van der Waals surface area contributed by atoms with Gasteiger partial charge in [-0.2, -0.15) is 0 Å². The van der Waals surface area contributed by atoms with E-state index in [1.807, 2.05) is 34.8 Å². The zero-order chi connectivity index (χ0) is 19.2. The predicted octanol–water partition coefficient (Wildman–Crippen LogP) is 3.75. The van der Waals surface area contributed by atoms with Crippen molar-refractivity contribution in [2.75, 3.05) is 32.7 Å². The molecule has 0 saturated carbocycles. The number of aryl methyl sites for hydroxylation is 2. The fraction of sp³-hybridized carbons (Fsp3) is 0.522. The van der Waals surface area contributed by atoms with E-state index in [4.69, 9.17) is 0 Å². The van der Waals surface area contributed by atoms with Gasteiger partial charge < -0.3 is 14.4 Å². The molecule has 0 atom stereocenters. The summed E-state index contributed by atoms with van der Waals surface area (Å²) in [6.07, 6.45) is 5.44. The lowest BCUT2D eigenvalue weighted by molar-refractivity contribution is 0.0692. The number of hydrogen-bond acceptors (Lipinski definition) is 2. The Hall–Kier alpha value is -2.07. The van der Waals surface area contributed by atoms with Gasteiger partial charge in [0.2, 0.25) is 0 Å². The number of rotatable bonds is 7. The zero-order valence-corrected chi connectivity index (χ0v) is 17.0. The maximum Gasteiger partial charge on any atom is 0.270 e. The molecule has 1 aromatic heterocycles. The van der Waals surface area contributed by atoms with Crippen molar-refractivity contribution in [3.05, 3.63) is 59.4 Å². The molecule has 0 N–H and O–H groups in total. The molecule has 2 heterocycles. The molecule has 1 saturated heterocycles. The average Bonchev–Trinajstić information content (AvgIpc) is 3.12. The number of carbonyl (C=O) groups is 1. The minimum absolute atomic E-state index is 0.159. The molecule has 27 heavy (non-hydrogen) atoms. The summed E-state index contributed by atoms with van der Waals surface area (Å²) < 4.78 is 1.92. The molecule has 4 nitrogen and oxygen atoms in total. The van der Waals surface area contributed by atoms with Gasteiger partial charge in [0.25, 0.3) is 5.91 Å². The largest absolute Gasteiger partial charge is 0.347 e. The summed E-state index contributed by atoms with van der Waals surface area (Å²) in [6.45, 7) is 9.36. The first kappa shape index (κ1) is 19.7. The molecule has 0 radical (unpaired) electrons. The lowest BCUT2D eigenvalue weighted by Gasteiger charge is -2.34. The first-order chi connectivity index (χ1) is 13.1. The lowest BCUT2D eigenvalue weighted by Crippen LogP contribution is -2.41. The van der Waals surface area contributed by atoms with E-state index in [1.54, 1.807) is 0 Å². The first-order valence-electron chi connectivity index (χ1n) is 10.3. The lowest BCUT2D eigenvalue weighted by atomic mass is 9.95. The molecule has 2 aromatic rings. The fourth-order valence-corrected chi connectivity index (χ4v) is 4.07. The van der Waals surface area contributed by atoms with Gasteiger partial charge >= 0.3 is 0 Å². The highest BCUT2D eigenvalue weighted by molar-refractivity contribution is 5.92. The van der Waals surface area contributed by atoms with E-state index in [9.17, 15) is 4.79 Å². The van der Waals surface area contributed by atoms with Crippen LogP contribution in [0.15, 0.2) is 42.6 Å². The molecule has 0 spiro atoms. The Morgan fingerprint density at radius 2 is 1.89 bits per heavy atom. The summed E-state index contributed by atoms with van der Waals surface area (Å²) in [7, 11) is 1.94. The van der Waals surface area contributed by atoms with Crippen LogP contribution in [0.3, 0.4) is 0 Å². The molecule has 0 aliphatic carbocycles. The van der Waals surface area contributed by atoms with E-state index in [0.717, 1.165) is 44.8 Å². The van der Waals surface area contributed by atoms with Gasteiger partial charge in [-0.25, -0.2) is 0 Å². The third-order valence-electron chi connectivity index (χ3n) is 5.98. The number of piperidine rings is 1. The van der Waals surface area contributed by atoms with E-state index < -0.39 is 0 Å². The predicted molar refractivity (Wildman–Crippen MR) is 111 cm³/mol. The molecule has 0 unspecified atom stereocenters. The van der Waals surface area contributed by atoms with Gasteiger partial charge in [-0.05, 0) is 75.4 Å². The minimum Gasteiger partial charge on any atom is -0.347 e. The smallest absolute Gasteiger partial charge is 0.270 e. The number of aromatic nitrogens is 1. The van der Waals surface area contributed by atoms with Crippen LogP contribution < -0.4 is 0 Å². The topological polar surface area (TPSA) is 28.5 Å². The van der Waals surface area contributed by atoms with Crippen molar-refractivity contribution in [3.8, 4) is 0 Å². The van der Waals surface area contributed by atoms with Gasteiger partial charge in [-0.15, -0.1) is 0 Å². The Morgan fingerprint density at radius 1 is 1.15 bits per heavy atom. The van der Waals surface area contributed by atoms with Gasteiger partial charge in [0.05, 0.1) is 0 Å². The van der Waals surface area contributed by atoms with Crippen LogP contribution in [0, 0.1) is 12.8 Å². The second kappa shape index (κ2) is 9.23. The highest BCUT2D eigenvalue weighted by Gasteiger charge is 2.24. The zero-order valence-electron chi connectivity index (χ0n) is 17.0. The van der Waals surface area contributed by atoms with Crippen LogP contribution in [0.2, 0.25) is 0 Å². The van der Waals surface area contributed by atoms with Crippen LogP contribution in [0.5, 0.6) is 0 Å². The Morgan fingerprint density at radius 3 is 2.52 bits per heavy atom. The SMILES string of the molecule is CCN(CC1CCN(CCc2ccccc2C)CC1)C(=O)c1cccn1C. The van der Waals surface area contributed by atoms with Crippen molar-refractivity contribution >= 4 is 5.91 Å². The second-order valence-electron chi connectivity index (χ2n) is 7.81. The molecule has 1 aliphatic rings. The van der Waals surface area contributed by atoms with Crippen molar-refractivity contribution in [2.24, 2.45) is 13.0 Å². The Balaban J connectivity index is 1.46. The monoisotopic (exact) mass is 367 g/mol. The first-order valence-corrected chi connectivity index (χ1v) is 10.3. The van der Waals surface area contributed by atoms with E-state index in [0.29, 0.717) is 5.92 Å². The van der Waals surface area contributed by atoms with Crippen LogP contribution in [-0.4, -0.2) is 53.0 Å². The summed E-state index contributed by atoms with van der Waals surface area (Å²) in [4.78, 5) is 17.4.